The Balaban J connectivity index is 1.49. The van der Waals surface area contributed by atoms with E-state index in [0.29, 0.717) is 17.1 Å². The Morgan fingerprint density at radius 2 is 1.76 bits per heavy atom. The van der Waals surface area contributed by atoms with E-state index < -0.39 is 5.54 Å². The second-order valence-corrected chi connectivity index (χ2v) is 9.22. The van der Waals surface area contributed by atoms with E-state index in [1.54, 1.807) is 41.8 Å². The largest absolute Gasteiger partial charge is 0.496 e. The van der Waals surface area contributed by atoms with Crippen LogP contribution in [0.5, 0.6) is 5.75 Å². The lowest BCUT2D eigenvalue weighted by atomic mass is 9.94. The molecule has 0 bridgehead atoms. The molecule has 37 heavy (non-hydrogen) atoms. The lowest BCUT2D eigenvalue weighted by Crippen LogP contribution is -2.63. The van der Waals surface area contributed by atoms with Crippen molar-refractivity contribution in [1.29, 1.82) is 0 Å². The van der Waals surface area contributed by atoms with Crippen molar-refractivity contribution in [3.8, 4) is 17.0 Å². The minimum Gasteiger partial charge on any atom is -0.496 e. The number of carbonyl (C=O) groups excluding carboxylic acids is 2. The third kappa shape index (κ3) is 4.70. The zero-order chi connectivity index (χ0) is 26.0. The third-order valence-corrected chi connectivity index (χ3v) is 6.74. The Morgan fingerprint density at radius 1 is 1.05 bits per heavy atom. The molecule has 1 aliphatic rings. The van der Waals surface area contributed by atoms with Gasteiger partial charge in [-0.2, -0.15) is 5.10 Å². The highest BCUT2D eigenvalue weighted by Gasteiger charge is 2.48. The van der Waals surface area contributed by atoms with Crippen LogP contribution < -0.4 is 10.1 Å². The zero-order valence-corrected chi connectivity index (χ0v) is 20.6. The summed E-state index contributed by atoms with van der Waals surface area (Å²) in [6, 6.07) is 24.7. The van der Waals surface area contributed by atoms with E-state index in [4.69, 9.17) is 4.74 Å². The number of hydrogen-bond acceptors (Lipinski definition) is 4. The molecule has 1 aromatic heterocycles. The Hall–Kier alpha value is -4.46. The van der Waals surface area contributed by atoms with Gasteiger partial charge in [0.15, 0.2) is 0 Å². The first kappa shape index (κ1) is 24.2. The Kier molecular flexibility index (Phi) is 6.48. The number of amides is 2. The number of halogens is 1. The molecular formula is C29H27FN4O3. The van der Waals surface area contributed by atoms with Crippen LogP contribution in [0.25, 0.3) is 11.3 Å². The quantitative estimate of drug-likeness (QED) is 0.409. The maximum Gasteiger partial charge on any atom is 0.273 e. The predicted molar refractivity (Wildman–Crippen MR) is 137 cm³/mol. The lowest BCUT2D eigenvalue weighted by molar-refractivity contribution is -0.133. The summed E-state index contributed by atoms with van der Waals surface area (Å²) in [5, 5.41) is 7.65. The number of carbonyl (C=O) groups is 2. The van der Waals surface area contributed by atoms with Crippen LogP contribution in [0, 0.1) is 5.82 Å². The molecule has 0 saturated heterocycles. The van der Waals surface area contributed by atoms with Gasteiger partial charge in [-0.25, -0.2) is 4.39 Å². The van der Waals surface area contributed by atoms with Gasteiger partial charge in [-0.3, -0.25) is 14.3 Å². The highest BCUT2D eigenvalue weighted by Crippen LogP contribution is 2.31. The summed E-state index contributed by atoms with van der Waals surface area (Å²) in [6.45, 7) is 2.28. The first-order valence-electron chi connectivity index (χ1n) is 12.0. The molecule has 1 aliphatic heterocycles. The van der Waals surface area contributed by atoms with E-state index in [9.17, 15) is 14.0 Å². The first-order valence-corrected chi connectivity index (χ1v) is 12.0. The van der Waals surface area contributed by atoms with Gasteiger partial charge in [0, 0.05) is 24.2 Å². The van der Waals surface area contributed by atoms with Crippen LogP contribution in [0.4, 0.5) is 4.39 Å². The minimum atomic E-state index is -1.25. The molecule has 7 nitrogen and oxygen atoms in total. The van der Waals surface area contributed by atoms with Crippen molar-refractivity contribution in [1.82, 2.24) is 20.0 Å². The van der Waals surface area contributed by atoms with Crippen LogP contribution in [0.3, 0.4) is 0 Å². The third-order valence-electron chi connectivity index (χ3n) is 6.74. The van der Waals surface area contributed by atoms with E-state index in [2.05, 4.69) is 10.4 Å². The maximum atomic E-state index is 13.8. The number of rotatable bonds is 7. The Bertz CT molecular complexity index is 1440. The van der Waals surface area contributed by atoms with Gasteiger partial charge in [0.25, 0.3) is 5.91 Å². The molecule has 0 aliphatic carbocycles. The van der Waals surface area contributed by atoms with Crippen molar-refractivity contribution in [3.05, 3.63) is 108 Å². The van der Waals surface area contributed by atoms with Gasteiger partial charge >= 0.3 is 0 Å². The van der Waals surface area contributed by atoms with Crippen LogP contribution in [-0.4, -0.2) is 39.1 Å². The molecule has 0 unspecified atom stereocenters. The second kappa shape index (κ2) is 9.89. The Labute approximate surface area is 214 Å². The molecule has 5 rings (SSSR count). The average Bonchev–Trinajstić information content (AvgIpc) is 3.35. The predicted octanol–water partition coefficient (Wildman–Crippen LogP) is 4.43. The highest BCUT2D eigenvalue weighted by atomic mass is 19.1. The number of aromatic nitrogens is 2. The molecule has 8 heteroatoms. The number of nitrogens with zero attached hydrogens (tertiary/aromatic N) is 3. The van der Waals surface area contributed by atoms with Crippen molar-refractivity contribution >= 4 is 11.8 Å². The fourth-order valence-corrected chi connectivity index (χ4v) is 4.63. The average molecular weight is 499 g/mol. The zero-order valence-electron chi connectivity index (χ0n) is 20.6. The van der Waals surface area contributed by atoms with E-state index >= 15 is 0 Å². The summed E-state index contributed by atoms with van der Waals surface area (Å²) in [5.74, 6) is -0.342. The highest BCUT2D eigenvalue weighted by molar-refractivity contribution is 6.00. The number of fused-ring (bicyclic) bond motifs is 1. The normalized spacial score (nSPS) is 16.8. The van der Waals surface area contributed by atoms with Gasteiger partial charge < -0.3 is 15.0 Å². The van der Waals surface area contributed by atoms with Crippen LogP contribution in [-0.2, 0) is 24.4 Å². The summed E-state index contributed by atoms with van der Waals surface area (Å²) < 4.78 is 20.6. The van der Waals surface area contributed by atoms with Crippen molar-refractivity contribution in [2.75, 3.05) is 7.11 Å². The molecule has 0 saturated carbocycles. The fraction of sp³-hybridized carbons (Fsp3) is 0.207. The minimum absolute atomic E-state index is 0.142. The van der Waals surface area contributed by atoms with Gasteiger partial charge in [-0.1, -0.05) is 60.7 Å². The molecule has 1 atom stereocenters. The van der Waals surface area contributed by atoms with E-state index in [1.165, 1.54) is 12.1 Å². The molecule has 188 valence electrons. The summed E-state index contributed by atoms with van der Waals surface area (Å²) in [6.07, 6.45) is 0. The van der Waals surface area contributed by atoms with Gasteiger partial charge in [0.1, 0.15) is 22.8 Å². The number of benzene rings is 3. The van der Waals surface area contributed by atoms with Gasteiger partial charge in [-0.05, 0) is 36.8 Å². The molecule has 0 spiro atoms. The molecule has 2 heterocycles. The molecule has 0 fully saturated rings. The van der Waals surface area contributed by atoms with E-state index in [0.717, 1.165) is 16.7 Å². The van der Waals surface area contributed by atoms with Crippen LogP contribution in [0.1, 0.15) is 28.5 Å². The Morgan fingerprint density at radius 3 is 2.49 bits per heavy atom. The van der Waals surface area contributed by atoms with Gasteiger partial charge in [-0.15, -0.1) is 0 Å². The van der Waals surface area contributed by atoms with Crippen molar-refractivity contribution in [2.45, 2.75) is 32.1 Å². The summed E-state index contributed by atoms with van der Waals surface area (Å²) in [4.78, 5) is 29.1. The monoisotopic (exact) mass is 498 g/mol. The lowest BCUT2D eigenvalue weighted by Gasteiger charge is -2.43. The molecule has 0 radical (unpaired) electrons. The SMILES string of the molecule is COc1ccccc1CNC(=O)[C@]1(C)Cn2nc(-c3ccccc3)cc2C(=O)N1Cc1ccc(F)cc1. The van der Waals surface area contributed by atoms with Crippen LogP contribution >= 0.6 is 0 Å². The number of para-hydroxylation sites is 1. The van der Waals surface area contributed by atoms with Crippen LogP contribution in [0.15, 0.2) is 84.9 Å². The van der Waals surface area contributed by atoms with Crippen molar-refractivity contribution < 1.29 is 18.7 Å². The standard InChI is InChI=1S/C29H27FN4O3/c1-29(28(36)31-17-22-10-6-7-11-26(22)37-2)19-34-25(16-24(32-34)21-8-4-3-5-9-21)27(35)33(29)18-20-12-14-23(30)15-13-20/h3-16H,17-19H2,1-2H3,(H,31,36)/t29-/m0/s1. The maximum absolute atomic E-state index is 13.8. The molecule has 4 aromatic rings. The smallest absolute Gasteiger partial charge is 0.273 e. The summed E-state index contributed by atoms with van der Waals surface area (Å²) >= 11 is 0. The second-order valence-electron chi connectivity index (χ2n) is 9.22. The van der Waals surface area contributed by atoms with Crippen molar-refractivity contribution in [2.24, 2.45) is 0 Å². The van der Waals surface area contributed by atoms with Gasteiger partial charge in [0.05, 0.1) is 19.3 Å². The van der Waals surface area contributed by atoms with Crippen LogP contribution in [0.2, 0.25) is 0 Å². The van der Waals surface area contributed by atoms with E-state index in [1.807, 2.05) is 54.6 Å². The summed E-state index contributed by atoms with van der Waals surface area (Å²) in [5.41, 5.74) is 2.22. The van der Waals surface area contributed by atoms with Crippen molar-refractivity contribution in [3.63, 3.8) is 0 Å². The van der Waals surface area contributed by atoms with Gasteiger partial charge in [0.2, 0.25) is 5.91 Å². The fourth-order valence-electron chi connectivity index (χ4n) is 4.63. The molecular weight excluding hydrogens is 471 g/mol. The molecule has 1 N–H and O–H groups in total. The topological polar surface area (TPSA) is 76.5 Å². The number of hydrogen-bond donors (Lipinski definition) is 1. The number of nitrogens with one attached hydrogen (secondary N) is 1. The number of methoxy groups -OCH3 is 1. The first-order chi connectivity index (χ1) is 17.9. The number of ether oxygens (including phenoxy) is 1. The van der Waals surface area contributed by atoms with E-state index in [-0.39, 0.29) is 37.3 Å². The molecule has 2 amide bonds. The summed E-state index contributed by atoms with van der Waals surface area (Å²) in [7, 11) is 1.58. The molecule has 3 aromatic carbocycles.